The molecule has 7 heteroatoms. The summed E-state index contributed by atoms with van der Waals surface area (Å²) in [6.07, 6.45) is 0. The molecular formula is C19H19ClN4OS. The van der Waals surface area contributed by atoms with E-state index in [0.717, 1.165) is 37.9 Å². The van der Waals surface area contributed by atoms with Gasteiger partial charge >= 0.3 is 0 Å². The predicted octanol–water partition coefficient (Wildman–Crippen LogP) is 5.63. The summed E-state index contributed by atoms with van der Waals surface area (Å²) < 4.78 is 1.02. The number of nitrogens with zero attached hydrogens (tertiary/aromatic N) is 2. The van der Waals surface area contributed by atoms with Crippen molar-refractivity contribution in [2.45, 2.75) is 27.7 Å². The largest absolute Gasteiger partial charge is 0.321 e. The van der Waals surface area contributed by atoms with E-state index < -0.39 is 0 Å². The van der Waals surface area contributed by atoms with Crippen molar-refractivity contribution in [3.05, 3.63) is 52.0 Å². The monoisotopic (exact) mass is 386 g/mol. The highest BCUT2D eigenvalue weighted by atomic mass is 35.5. The zero-order chi connectivity index (χ0) is 18.8. The van der Waals surface area contributed by atoms with Gasteiger partial charge in [0.1, 0.15) is 0 Å². The molecule has 2 N–H and O–H groups in total. The number of hydrogen-bond acceptors (Lipinski definition) is 5. The number of carbonyl (C=O) groups is 1. The predicted molar refractivity (Wildman–Crippen MR) is 111 cm³/mol. The van der Waals surface area contributed by atoms with Gasteiger partial charge in [0, 0.05) is 22.0 Å². The van der Waals surface area contributed by atoms with Crippen molar-refractivity contribution in [1.29, 1.82) is 0 Å². The van der Waals surface area contributed by atoms with Crippen LogP contribution in [0.4, 0.5) is 10.8 Å². The third kappa shape index (κ3) is 3.86. The molecule has 0 saturated carbocycles. The highest BCUT2D eigenvalue weighted by Gasteiger charge is 2.15. The average molecular weight is 387 g/mol. The van der Waals surface area contributed by atoms with Gasteiger partial charge in [-0.15, -0.1) is 0 Å². The molecule has 3 rings (SSSR count). The van der Waals surface area contributed by atoms with Crippen LogP contribution in [-0.2, 0) is 0 Å². The Labute approximate surface area is 161 Å². The molecule has 0 bridgehead atoms. The molecule has 5 nitrogen and oxygen atoms in total. The zero-order valence-electron chi connectivity index (χ0n) is 15.0. The first-order valence-corrected chi connectivity index (χ1v) is 9.29. The number of hydrazone groups is 1. The van der Waals surface area contributed by atoms with Gasteiger partial charge in [-0.1, -0.05) is 29.0 Å². The molecule has 1 aromatic heterocycles. The smallest absolute Gasteiger partial charge is 0.255 e. The molecule has 0 atom stereocenters. The lowest BCUT2D eigenvalue weighted by Gasteiger charge is -2.12. The van der Waals surface area contributed by atoms with Gasteiger partial charge < -0.3 is 5.32 Å². The van der Waals surface area contributed by atoms with Crippen molar-refractivity contribution in [3.8, 4) is 0 Å². The second-order valence-electron chi connectivity index (χ2n) is 6.20. The SMILES string of the molecule is CC(C)=NNc1nc2cc(C)c(NC(=O)c3cccc(Cl)c3)c(C)c2s1. The van der Waals surface area contributed by atoms with Gasteiger partial charge in [0.05, 0.1) is 10.2 Å². The fraction of sp³-hybridized carbons (Fsp3) is 0.211. The van der Waals surface area contributed by atoms with Gasteiger partial charge in [-0.3, -0.25) is 10.2 Å². The van der Waals surface area contributed by atoms with Crippen molar-refractivity contribution in [3.63, 3.8) is 0 Å². The van der Waals surface area contributed by atoms with E-state index in [0.29, 0.717) is 10.6 Å². The number of fused-ring (bicyclic) bond motifs is 1. The van der Waals surface area contributed by atoms with Crippen LogP contribution in [0.3, 0.4) is 0 Å². The summed E-state index contributed by atoms with van der Waals surface area (Å²) in [6.45, 7) is 7.78. The van der Waals surface area contributed by atoms with Gasteiger partial charge in [-0.25, -0.2) is 4.98 Å². The first kappa shape index (κ1) is 18.4. The maximum Gasteiger partial charge on any atom is 0.255 e. The molecule has 0 radical (unpaired) electrons. The standard InChI is InChI=1S/C19H19ClN4OS/c1-10(2)23-24-19-21-15-8-11(3)16(12(4)17(15)26-19)22-18(25)13-6-5-7-14(20)9-13/h5-9H,1-4H3,(H,21,24)(H,22,25). The minimum Gasteiger partial charge on any atom is -0.321 e. The van der Waals surface area contributed by atoms with Crippen LogP contribution in [0.2, 0.25) is 5.02 Å². The lowest BCUT2D eigenvalue weighted by Crippen LogP contribution is -2.13. The van der Waals surface area contributed by atoms with E-state index in [1.807, 2.05) is 33.8 Å². The molecule has 1 amide bonds. The van der Waals surface area contributed by atoms with Crippen LogP contribution < -0.4 is 10.7 Å². The molecule has 0 aliphatic heterocycles. The van der Waals surface area contributed by atoms with Crippen molar-refractivity contribution in [1.82, 2.24) is 4.98 Å². The maximum absolute atomic E-state index is 12.6. The molecule has 134 valence electrons. The highest BCUT2D eigenvalue weighted by molar-refractivity contribution is 7.22. The number of thiazole rings is 1. The number of hydrogen-bond donors (Lipinski definition) is 2. The summed E-state index contributed by atoms with van der Waals surface area (Å²) in [4.78, 5) is 17.1. The van der Waals surface area contributed by atoms with Gasteiger partial charge in [0.15, 0.2) is 0 Å². The maximum atomic E-state index is 12.6. The van der Waals surface area contributed by atoms with Gasteiger partial charge in [0.2, 0.25) is 5.13 Å². The summed E-state index contributed by atoms with van der Waals surface area (Å²) in [5, 5.41) is 8.46. The molecule has 0 unspecified atom stereocenters. The molecule has 0 fully saturated rings. The number of rotatable bonds is 4. The van der Waals surface area contributed by atoms with E-state index >= 15 is 0 Å². The van der Waals surface area contributed by atoms with Crippen molar-refractivity contribution < 1.29 is 4.79 Å². The van der Waals surface area contributed by atoms with Crippen LogP contribution in [0, 0.1) is 13.8 Å². The number of amides is 1. The van der Waals surface area contributed by atoms with E-state index in [4.69, 9.17) is 11.6 Å². The number of aromatic nitrogens is 1. The minimum absolute atomic E-state index is 0.188. The molecule has 0 spiro atoms. The van der Waals surface area contributed by atoms with Crippen LogP contribution in [0.15, 0.2) is 35.4 Å². The third-order valence-electron chi connectivity index (χ3n) is 3.82. The van der Waals surface area contributed by atoms with Crippen LogP contribution in [-0.4, -0.2) is 16.6 Å². The molecule has 2 aromatic carbocycles. The molecule has 3 aromatic rings. The van der Waals surface area contributed by atoms with Crippen molar-refractivity contribution in [2.75, 3.05) is 10.7 Å². The van der Waals surface area contributed by atoms with Crippen LogP contribution in [0.1, 0.15) is 35.3 Å². The number of nitrogens with one attached hydrogen (secondary N) is 2. The summed E-state index contributed by atoms with van der Waals surface area (Å²) in [7, 11) is 0. The zero-order valence-corrected chi connectivity index (χ0v) is 16.5. The highest BCUT2D eigenvalue weighted by Crippen LogP contribution is 2.35. The van der Waals surface area contributed by atoms with Crippen molar-refractivity contribution >= 4 is 55.6 Å². The number of carbonyl (C=O) groups excluding carboxylic acids is 1. The van der Waals surface area contributed by atoms with Gasteiger partial charge in [0.25, 0.3) is 5.91 Å². The summed E-state index contributed by atoms with van der Waals surface area (Å²) >= 11 is 7.50. The molecule has 0 aliphatic carbocycles. The summed E-state index contributed by atoms with van der Waals surface area (Å²) in [5.74, 6) is -0.188. The lowest BCUT2D eigenvalue weighted by molar-refractivity contribution is 0.102. The Morgan fingerprint density at radius 3 is 2.69 bits per heavy atom. The Morgan fingerprint density at radius 2 is 2.00 bits per heavy atom. The average Bonchev–Trinajstić information content (AvgIpc) is 2.99. The second-order valence-corrected chi connectivity index (χ2v) is 7.63. The summed E-state index contributed by atoms with van der Waals surface area (Å²) in [6, 6.07) is 8.87. The van der Waals surface area contributed by atoms with E-state index in [-0.39, 0.29) is 5.91 Å². The van der Waals surface area contributed by atoms with Crippen LogP contribution in [0.5, 0.6) is 0 Å². The normalized spacial score (nSPS) is 10.7. The van der Waals surface area contributed by atoms with Crippen LogP contribution >= 0.6 is 22.9 Å². The van der Waals surface area contributed by atoms with E-state index in [9.17, 15) is 4.79 Å². The number of benzene rings is 2. The second kappa shape index (κ2) is 7.43. The Hall–Kier alpha value is -2.44. The van der Waals surface area contributed by atoms with E-state index in [1.54, 1.807) is 24.3 Å². The fourth-order valence-corrected chi connectivity index (χ4v) is 3.68. The fourth-order valence-electron chi connectivity index (χ4n) is 2.60. The van der Waals surface area contributed by atoms with E-state index in [1.165, 1.54) is 11.3 Å². The number of halogens is 1. The minimum atomic E-state index is -0.188. The molecule has 0 saturated heterocycles. The van der Waals surface area contributed by atoms with Crippen molar-refractivity contribution in [2.24, 2.45) is 5.10 Å². The number of anilines is 2. The third-order valence-corrected chi connectivity index (χ3v) is 5.15. The topological polar surface area (TPSA) is 66.4 Å². The molecule has 26 heavy (non-hydrogen) atoms. The first-order chi connectivity index (χ1) is 12.3. The molecule has 1 heterocycles. The number of aryl methyl sites for hydroxylation is 2. The lowest BCUT2D eigenvalue weighted by atomic mass is 10.1. The molecular weight excluding hydrogens is 368 g/mol. The Bertz CT molecular complexity index is 1020. The summed E-state index contributed by atoms with van der Waals surface area (Å²) in [5.41, 5.74) is 8.04. The Kier molecular flexibility index (Phi) is 5.25. The van der Waals surface area contributed by atoms with Crippen LogP contribution in [0.25, 0.3) is 10.2 Å². The Balaban J connectivity index is 1.95. The van der Waals surface area contributed by atoms with Gasteiger partial charge in [-0.05, 0) is 63.1 Å². The Morgan fingerprint density at radius 1 is 1.23 bits per heavy atom. The molecule has 0 aliphatic rings. The van der Waals surface area contributed by atoms with Gasteiger partial charge in [-0.2, -0.15) is 5.10 Å². The van der Waals surface area contributed by atoms with E-state index in [2.05, 4.69) is 20.8 Å². The quantitative estimate of drug-likeness (QED) is 0.451. The first-order valence-electron chi connectivity index (χ1n) is 8.09.